The van der Waals surface area contributed by atoms with E-state index in [1.165, 1.54) is 44.5 Å². The highest BCUT2D eigenvalue weighted by atomic mass is 15.0. The van der Waals surface area contributed by atoms with Gasteiger partial charge in [0.15, 0.2) is 17.5 Å². The number of aromatic nitrogens is 3. The zero-order valence-electron chi connectivity index (χ0n) is 29.0. The molecule has 0 radical (unpaired) electrons. The Kier molecular flexibility index (Phi) is 6.80. The van der Waals surface area contributed by atoms with E-state index < -0.39 is 5.41 Å². The molecule has 0 atom stereocenters. The van der Waals surface area contributed by atoms with Crippen LogP contribution in [0, 0.1) is 0 Å². The molecule has 0 bridgehead atoms. The van der Waals surface area contributed by atoms with E-state index in [4.69, 9.17) is 15.0 Å². The highest BCUT2D eigenvalue weighted by Crippen LogP contribution is 2.58. The van der Waals surface area contributed by atoms with Crippen LogP contribution in [-0.4, -0.2) is 15.0 Å². The zero-order valence-corrected chi connectivity index (χ0v) is 29.0. The summed E-state index contributed by atoms with van der Waals surface area (Å²) in [5.74, 6) is 2.04. The molecule has 2 aliphatic carbocycles. The second kappa shape index (κ2) is 11.2. The smallest absolute Gasteiger partial charge is 0.164 e. The van der Waals surface area contributed by atoms with Gasteiger partial charge in [-0.3, -0.25) is 0 Å². The molecule has 0 saturated carbocycles. The van der Waals surface area contributed by atoms with Crippen molar-refractivity contribution in [1.29, 1.82) is 0 Å². The summed E-state index contributed by atoms with van der Waals surface area (Å²) in [6, 6.07) is 54.5. The molecule has 7 aromatic rings. The Morgan fingerprint density at radius 2 is 0.920 bits per heavy atom. The molecule has 9 rings (SSSR count). The monoisotopic (exact) mass is 645 g/mol. The van der Waals surface area contributed by atoms with Crippen LogP contribution in [-0.2, 0) is 16.2 Å². The minimum Gasteiger partial charge on any atom is -0.208 e. The highest BCUT2D eigenvalue weighted by Gasteiger charge is 2.47. The Hall–Kier alpha value is -5.67. The van der Waals surface area contributed by atoms with Gasteiger partial charge in [-0.2, -0.15) is 0 Å². The van der Waals surface area contributed by atoms with Crippen LogP contribution >= 0.6 is 0 Å². The Morgan fingerprint density at radius 3 is 1.60 bits per heavy atom. The van der Waals surface area contributed by atoms with Crippen LogP contribution in [0.1, 0.15) is 67.5 Å². The molecule has 50 heavy (non-hydrogen) atoms. The number of nitrogens with zero attached hydrogens (tertiary/aromatic N) is 3. The summed E-state index contributed by atoms with van der Waals surface area (Å²) < 4.78 is 0. The molecule has 6 aromatic carbocycles. The number of rotatable bonds is 5. The third-order valence-corrected chi connectivity index (χ3v) is 11.0. The minimum atomic E-state index is -0.499. The lowest BCUT2D eigenvalue weighted by molar-refractivity contribution is 0.403. The van der Waals surface area contributed by atoms with Gasteiger partial charge in [0.1, 0.15) is 0 Å². The molecule has 0 aliphatic heterocycles. The first-order chi connectivity index (χ1) is 24.3. The SMILES string of the molecule is CC1(C)CC(C)(C)c2cc(-c3nc(-c4ccccc4)nc(-c4cccc5c4-c4ccccc4C5(c4ccccc4)c4ccccc4)n3)ccc21. The highest BCUT2D eigenvalue weighted by molar-refractivity contribution is 5.94. The van der Waals surface area contributed by atoms with Gasteiger partial charge in [0.25, 0.3) is 0 Å². The predicted molar refractivity (Wildman–Crippen MR) is 204 cm³/mol. The predicted octanol–water partition coefficient (Wildman–Crippen LogP) is 11.2. The normalized spacial score (nSPS) is 16.0. The van der Waals surface area contributed by atoms with Crippen molar-refractivity contribution >= 4 is 0 Å². The van der Waals surface area contributed by atoms with Crippen LogP contribution in [0.15, 0.2) is 152 Å². The van der Waals surface area contributed by atoms with Crippen LogP contribution in [0.5, 0.6) is 0 Å². The maximum atomic E-state index is 5.33. The van der Waals surface area contributed by atoms with E-state index in [-0.39, 0.29) is 10.8 Å². The average Bonchev–Trinajstić information content (AvgIpc) is 3.56. The second-order valence-electron chi connectivity index (χ2n) is 15.1. The van der Waals surface area contributed by atoms with Crippen LogP contribution in [0.2, 0.25) is 0 Å². The number of benzene rings is 6. The van der Waals surface area contributed by atoms with Crippen molar-refractivity contribution in [3.8, 4) is 45.3 Å². The molecular formula is C47H39N3. The Labute approximate surface area is 294 Å². The molecule has 0 fully saturated rings. The lowest BCUT2D eigenvalue weighted by atomic mass is 9.67. The fraction of sp³-hybridized carbons (Fsp3) is 0.170. The first kappa shape index (κ1) is 30.4. The van der Waals surface area contributed by atoms with Crippen molar-refractivity contribution in [2.45, 2.75) is 50.4 Å². The van der Waals surface area contributed by atoms with E-state index in [1.807, 2.05) is 18.2 Å². The molecular weight excluding hydrogens is 607 g/mol. The van der Waals surface area contributed by atoms with Crippen LogP contribution < -0.4 is 0 Å². The van der Waals surface area contributed by atoms with Crippen molar-refractivity contribution in [2.24, 2.45) is 0 Å². The third-order valence-electron chi connectivity index (χ3n) is 11.0. The molecule has 242 valence electrons. The average molecular weight is 646 g/mol. The Balaban J connectivity index is 1.32. The first-order valence-corrected chi connectivity index (χ1v) is 17.6. The summed E-state index contributed by atoms with van der Waals surface area (Å²) in [5, 5.41) is 0. The Bertz CT molecular complexity index is 2350. The van der Waals surface area contributed by atoms with Gasteiger partial charge in [-0.05, 0) is 67.8 Å². The van der Waals surface area contributed by atoms with Crippen LogP contribution in [0.3, 0.4) is 0 Å². The van der Waals surface area contributed by atoms with E-state index in [2.05, 4.69) is 161 Å². The fourth-order valence-electron chi connectivity index (χ4n) is 9.15. The minimum absolute atomic E-state index is 0.0646. The van der Waals surface area contributed by atoms with Gasteiger partial charge in [0.05, 0.1) is 5.41 Å². The van der Waals surface area contributed by atoms with Gasteiger partial charge in [-0.15, -0.1) is 0 Å². The summed E-state index contributed by atoms with van der Waals surface area (Å²) in [6.07, 6.45) is 1.11. The third kappa shape index (κ3) is 4.53. The van der Waals surface area contributed by atoms with Gasteiger partial charge in [0, 0.05) is 16.7 Å². The summed E-state index contributed by atoms with van der Waals surface area (Å²) in [4.78, 5) is 15.7. The van der Waals surface area contributed by atoms with Gasteiger partial charge in [-0.1, -0.05) is 173 Å². The summed E-state index contributed by atoms with van der Waals surface area (Å²) in [7, 11) is 0. The fourth-order valence-corrected chi connectivity index (χ4v) is 9.15. The largest absolute Gasteiger partial charge is 0.208 e. The van der Waals surface area contributed by atoms with Crippen molar-refractivity contribution in [2.75, 3.05) is 0 Å². The lowest BCUT2D eigenvalue weighted by Crippen LogP contribution is -2.28. The van der Waals surface area contributed by atoms with Gasteiger partial charge in [-0.25, -0.2) is 15.0 Å². The summed E-state index contributed by atoms with van der Waals surface area (Å²) in [6.45, 7) is 9.42. The van der Waals surface area contributed by atoms with E-state index in [9.17, 15) is 0 Å². The summed E-state index contributed by atoms with van der Waals surface area (Å²) in [5.41, 5.74) is 12.8. The molecule has 0 spiro atoms. The van der Waals surface area contributed by atoms with Gasteiger partial charge >= 0.3 is 0 Å². The lowest BCUT2D eigenvalue weighted by Gasteiger charge is -2.33. The molecule has 1 aromatic heterocycles. The molecule has 0 amide bonds. The molecule has 3 nitrogen and oxygen atoms in total. The zero-order chi connectivity index (χ0) is 34.1. The van der Waals surface area contributed by atoms with Crippen molar-refractivity contribution in [3.63, 3.8) is 0 Å². The number of fused-ring (bicyclic) bond motifs is 4. The van der Waals surface area contributed by atoms with Crippen LogP contribution in [0.25, 0.3) is 45.3 Å². The van der Waals surface area contributed by atoms with Gasteiger partial charge < -0.3 is 0 Å². The maximum absolute atomic E-state index is 5.33. The molecule has 3 heteroatoms. The second-order valence-corrected chi connectivity index (χ2v) is 15.1. The topological polar surface area (TPSA) is 38.7 Å². The molecule has 1 heterocycles. The van der Waals surface area contributed by atoms with Crippen molar-refractivity contribution < 1.29 is 0 Å². The van der Waals surface area contributed by atoms with Crippen molar-refractivity contribution in [3.05, 3.63) is 185 Å². The van der Waals surface area contributed by atoms with E-state index >= 15 is 0 Å². The van der Waals surface area contributed by atoms with E-state index in [1.54, 1.807) is 0 Å². The van der Waals surface area contributed by atoms with E-state index in [0.717, 1.165) is 23.1 Å². The van der Waals surface area contributed by atoms with E-state index in [0.29, 0.717) is 17.5 Å². The van der Waals surface area contributed by atoms with Gasteiger partial charge in [0.2, 0.25) is 0 Å². The summed E-state index contributed by atoms with van der Waals surface area (Å²) >= 11 is 0. The number of hydrogen-bond acceptors (Lipinski definition) is 3. The molecule has 2 aliphatic rings. The molecule has 0 saturated heterocycles. The Morgan fingerprint density at radius 1 is 0.400 bits per heavy atom. The molecule has 0 N–H and O–H groups in total. The molecule has 0 unspecified atom stereocenters. The first-order valence-electron chi connectivity index (χ1n) is 17.6. The van der Waals surface area contributed by atoms with Crippen molar-refractivity contribution in [1.82, 2.24) is 15.0 Å². The number of hydrogen-bond donors (Lipinski definition) is 0. The van der Waals surface area contributed by atoms with Crippen LogP contribution in [0.4, 0.5) is 0 Å². The standard InChI is InChI=1S/C47H39N3/c1-45(2)30-46(3,4)40-29-32(27-28-38(40)45)43-48-42(31-17-8-5-9-18-31)49-44(50-43)36-24-16-26-39-41(36)35-23-14-15-25-37(35)47(39,33-19-10-6-11-20-33)34-21-12-7-13-22-34/h5-29H,30H2,1-4H3. The quantitative estimate of drug-likeness (QED) is 0.187. The maximum Gasteiger partial charge on any atom is 0.164 e.